The molecule has 0 spiro atoms. The first-order valence-electron chi connectivity index (χ1n) is 15.4. The molecule has 0 saturated carbocycles. The Bertz CT molecular complexity index is 1690. The summed E-state index contributed by atoms with van der Waals surface area (Å²) < 4.78 is 19.6. The smallest absolute Gasteiger partial charge is 0.257 e. The number of nitrogens with one attached hydrogen (secondary N) is 2. The van der Waals surface area contributed by atoms with Crippen molar-refractivity contribution in [2.24, 2.45) is 0 Å². The van der Waals surface area contributed by atoms with Crippen LogP contribution in [-0.4, -0.2) is 71.3 Å². The molecule has 11 heteroatoms. The lowest BCUT2D eigenvalue weighted by Crippen LogP contribution is -2.57. The van der Waals surface area contributed by atoms with E-state index < -0.39 is 6.04 Å². The summed E-state index contributed by atoms with van der Waals surface area (Å²) in [5.41, 5.74) is 2.86. The summed E-state index contributed by atoms with van der Waals surface area (Å²) in [6.07, 6.45) is 4.24. The average molecular weight is 624 g/mol. The molecular formula is C35H37N5O6. The van der Waals surface area contributed by atoms with Gasteiger partial charge in [0.15, 0.2) is 0 Å². The number of ether oxygens (including phenoxy) is 3. The minimum absolute atomic E-state index is 0.140. The van der Waals surface area contributed by atoms with Gasteiger partial charge in [0.05, 0.1) is 44.2 Å². The first-order valence-corrected chi connectivity index (χ1v) is 15.4. The van der Waals surface area contributed by atoms with E-state index in [0.717, 1.165) is 11.1 Å². The standard InChI is InChI=1S/C35H37N5O6/c1-44-29-16-26-17-30(18-29)46-28-10-5-9-25(15-28)23-45-32-12-14-39(22-31(32)38-33(41)11-6-13-36-34(26)42)35(43)27-19-37-40(21-27)20-24-7-3-2-4-8-24/h2-5,7-10,15-19,21,31-32H,6,11-14,20,22-23H2,1H3,(H,36,42)(H,38,41)/t31-,32-/m0/s1. The third kappa shape index (κ3) is 7.73. The normalized spacial score (nSPS) is 19.0. The van der Waals surface area contributed by atoms with Crippen molar-refractivity contribution in [1.82, 2.24) is 25.3 Å². The largest absolute Gasteiger partial charge is 0.497 e. The fourth-order valence-electron chi connectivity index (χ4n) is 5.72. The predicted molar refractivity (Wildman–Crippen MR) is 170 cm³/mol. The Morgan fingerprint density at radius 3 is 2.76 bits per heavy atom. The highest BCUT2D eigenvalue weighted by atomic mass is 16.5. The highest BCUT2D eigenvalue weighted by molar-refractivity contribution is 5.95. The Hall–Kier alpha value is -5.16. The second kappa shape index (κ2) is 14.3. The third-order valence-corrected chi connectivity index (χ3v) is 8.09. The van der Waals surface area contributed by atoms with Crippen LogP contribution in [0.25, 0.3) is 0 Å². The van der Waals surface area contributed by atoms with Crippen molar-refractivity contribution in [3.05, 3.63) is 107 Å². The van der Waals surface area contributed by atoms with Gasteiger partial charge in [-0.25, -0.2) is 0 Å². The maximum Gasteiger partial charge on any atom is 0.257 e. The predicted octanol–water partition coefficient (Wildman–Crippen LogP) is 4.17. The lowest BCUT2D eigenvalue weighted by Gasteiger charge is -2.38. The summed E-state index contributed by atoms with van der Waals surface area (Å²) in [6.45, 7) is 1.95. The molecule has 1 fully saturated rings. The van der Waals surface area contributed by atoms with Gasteiger partial charge in [0.1, 0.15) is 17.2 Å². The van der Waals surface area contributed by atoms with Gasteiger partial charge in [-0.1, -0.05) is 42.5 Å². The fraction of sp³-hybridized carbons (Fsp3) is 0.314. The van der Waals surface area contributed by atoms with Crippen LogP contribution < -0.4 is 20.1 Å². The van der Waals surface area contributed by atoms with E-state index in [1.54, 1.807) is 40.2 Å². The van der Waals surface area contributed by atoms with E-state index in [0.29, 0.717) is 74.0 Å². The highest BCUT2D eigenvalue weighted by Gasteiger charge is 2.34. The van der Waals surface area contributed by atoms with Gasteiger partial charge in [0.25, 0.3) is 11.8 Å². The Morgan fingerprint density at radius 1 is 1.04 bits per heavy atom. The molecule has 2 aliphatic rings. The van der Waals surface area contributed by atoms with Crippen LogP contribution in [0.2, 0.25) is 0 Å². The molecule has 0 unspecified atom stereocenters. The van der Waals surface area contributed by atoms with Gasteiger partial charge >= 0.3 is 0 Å². The summed E-state index contributed by atoms with van der Waals surface area (Å²) >= 11 is 0. The van der Waals surface area contributed by atoms with Crippen molar-refractivity contribution < 1.29 is 28.6 Å². The molecule has 3 aromatic carbocycles. The van der Waals surface area contributed by atoms with Gasteiger partial charge in [0.2, 0.25) is 5.91 Å². The van der Waals surface area contributed by atoms with Crippen LogP contribution in [-0.2, 0) is 22.7 Å². The number of benzene rings is 3. The molecule has 0 radical (unpaired) electrons. The van der Waals surface area contributed by atoms with E-state index in [1.807, 2.05) is 54.6 Å². The molecule has 238 valence electrons. The molecule has 2 aliphatic heterocycles. The van der Waals surface area contributed by atoms with E-state index in [9.17, 15) is 14.4 Å². The zero-order valence-electron chi connectivity index (χ0n) is 25.7. The van der Waals surface area contributed by atoms with Crippen molar-refractivity contribution in [2.75, 3.05) is 26.7 Å². The van der Waals surface area contributed by atoms with Crippen molar-refractivity contribution in [1.29, 1.82) is 0 Å². The third-order valence-electron chi connectivity index (χ3n) is 8.09. The number of carbonyl (C=O) groups excluding carboxylic acids is 3. The molecule has 6 rings (SSSR count). The van der Waals surface area contributed by atoms with Gasteiger partial charge in [-0.05, 0) is 48.2 Å². The molecule has 1 aromatic heterocycles. The summed E-state index contributed by atoms with van der Waals surface area (Å²) in [5.74, 6) is 0.941. The van der Waals surface area contributed by atoms with E-state index in [-0.39, 0.29) is 30.2 Å². The molecule has 2 N–H and O–H groups in total. The van der Waals surface area contributed by atoms with E-state index in [4.69, 9.17) is 14.2 Å². The first kappa shape index (κ1) is 30.8. The summed E-state index contributed by atoms with van der Waals surface area (Å²) in [5, 5.41) is 10.4. The maximum absolute atomic E-state index is 13.5. The first-order chi connectivity index (χ1) is 22.4. The number of fused-ring (bicyclic) bond motifs is 5. The van der Waals surface area contributed by atoms with Crippen molar-refractivity contribution in [2.45, 2.75) is 44.6 Å². The minimum Gasteiger partial charge on any atom is -0.497 e. The van der Waals surface area contributed by atoms with Crippen molar-refractivity contribution >= 4 is 17.7 Å². The van der Waals surface area contributed by atoms with Gasteiger partial charge in [-0.15, -0.1) is 0 Å². The number of hydrogen-bond donors (Lipinski definition) is 2. The number of likely N-dealkylation sites (tertiary alicyclic amines) is 1. The average Bonchev–Trinajstić information content (AvgIpc) is 3.54. The van der Waals surface area contributed by atoms with Crippen LogP contribution in [0, 0.1) is 0 Å². The Labute approximate surface area is 267 Å². The van der Waals surface area contributed by atoms with Gasteiger partial charge in [-0.2, -0.15) is 5.10 Å². The van der Waals surface area contributed by atoms with Crippen LogP contribution in [0.5, 0.6) is 17.2 Å². The van der Waals surface area contributed by atoms with Crippen molar-refractivity contribution in [3.8, 4) is 17.2 Å². The molecule has 11 nitrogen and oxygen atoms in total. The number of amides is 3. The Kier molecular flexibility index (Phi) is 9.59. The summed E-state index contributed by atoms with van der Waals surface area (Å²) in [7, 11) is 1.53. The second-order valence-electron chi connectivity index (χ2n) is 11.5. The zero-order valence-corrected chi connectivity index (χ0v) is 25.7. The van der Waals surface area contributed by atoms with Crippen LogP contribution in [0.15, 0.2) is 85.2 Å². The molecular weight excluding hydrogens is 586 g/mol. The van der Waals surface area contributed by atoms with E-state index >= 15 is 0 Å². The van der Waals surface area contributed by atoms with Gasteiger partial charge in [0, 0.05) is 43.9 Å². The minimum atomic E-state index is -0.412. The molecule has 2 atom stereocenters. The van der Waals surface area contributed by atoms with Gasteiger partial charge in [-0.3, -0.25) is 19.1 Å². The number of aromatic nitrogens is 2. The number of hydrogen-bond acceptors (Lipinski definition) is 7. The number of rotatable bonds is 4. The van der Waals surface area contributed by atoms with Crippen molar-refractivity contribution in [3.63, 3.8) is 0 Å². The molecule has 4 bridgehead atoms. The topological polar surface area (TPSA) is 124 Å². The van der Waals surface area contributed by atoms with Crippen LogP contribution in [0.4, 0.5) is 0 Å². The molecule has 4 aromatic rings. The summed E-state index contributed by atoms with van der Waals surface area (Å²) in [6, 6.07) is 22.1. The quantitative estimate of drug-likeness (QED) is 0.350. The molecule has 46 heavy (non-hydrogen) atoms. The monoisotopic (exact) mass is 623 g/mol. The van der Waals surface area contributed by atoms with Crippen LogP contribution in [0.1, 0.15) is 51.1 Å². The number of carbonyl (C=O) groups is 3. The van der Waals surface area contributed by atoms with E-state index in [1.165, 1.54) is 7.11 Å². The maximum atomic E-state index is 13.5. The second-order valence-corrected chi connectivity index (χ2v) is 11.5. The zero-order chi connectivity index (χ0) is 31.9. The highest BCUT2D eigenvalue weighted by Crippen LogP contribution is 2.29. The Morgan fingerprint density at radius 2 is 1.91 bits per heavy atom. The molecule has 1 saturated heterocycles. The van der Waals surface area contributed by atoms with Crippen LogP contribution >= 0.6 is 0 Å². The Balaban J connectivity index is 1.17. The van der Waals surface area contributed by atoms with Crippen LogP contribution in [0.3, 0.4) is 0 Å². The lowest BCUT2D eigenvalue weighted by molar-refractivity contribution is -0.124. The van der Waals surface area contributed by atoms with E-state index in [2.05, 4.69) is 15.7 Å². The number of nitrogens with zero attached hydrogens (tertiary/aromatic N) is 3. The molecule has 3 amide bonds. The lowest BCUT2D eigenvalue weighted by atomic mass is 10.0. The molecule has 0 aliphatic carbocycles. The molecule has 3 heterocycles. The van der Waals surface area contributed by atoms with Gasteiger partial charge < -0.3 is 29.7 Å². The summed E-state index contributed by atoms with van der Waals surface area (Å²) in [4.78, 5) is 41.3. The fourth-order valence-corrected chi connectivity index (χ4v) is 5.72. The number of methoxy groups -OCH3 is 1. The SMILES string of the molecule is COc1cc2cc(c1)C(=O)NCCCC(=O)N[C@H]1CN(C(=O)c3cnn(Cc4ccccc4)c3)CC[C@@H]1OCc1cccc(c1)O2. The number of piperidine rings is 1.